The highest BCUT2D eigenvalue weighted by molar-refractivity contribution is 8.17. The van der Waals surface area contributed by atoms with Crippen molar-refractivity contribution in [1.29, 1.82) is 0 Å². The molecule has 0 saturated carbocycles. The molecule has 0 fully saturated rings. The molecule has 1 aliphatic rings. The van der Waals surface area contributed by atoms with Crippen LogP contribution in [0.2, 0.25) is 0 Å². The molecule has 0 N–H and O–H groups in total. The molecule has 3 nitrogen and oxygen atoms in total. The first-order valence-corrected chi connectivity index (χ1v) is 16.3. The summed E-state index contributed by atoms with van der Waals surface area (Å²) in [6.45, 7) is 9.73. The van der Waals surface area contributed by atoms with E-state index in [9.17, 15) is 4.79 Å². The number of fused-ring (bicyclic) bond motifs is 1. The predicted octanol–water partition coefficient (Wildman–Crippen LogP) is 7.98. The Bertz CT molecular complexity index is 1030. The van der Waals surface area contributed by atoms with Crippen molar-refractivity contribution in [3.05, 3.63) is 45.1 Å². The maximum Gasteiger partial charge on any atom is 0.305 e. The van der Waals surface area contributed by atoms with Gasteiger partial charge in [0.25, 0.3) is 0 Å². The Kier molecular flexibility index (Phi) is 11.8. The van der Waals surface area contributed by atoms with Crippen molar-refractivity contribution in [2.75, 3.05) is 30.5 Å². The lowest BCUT2D eigenvalue weighted by molar-refractivity contribution is -0.143. The van der Waals surface area contributed by atoms with E-state index in [2.05, 4.69) is 56.9 Å². The molecular weight excluding hydrogens is 513 g/mol. The van der Waals surface area contributed by atoms with Gasteiger partial charge >= 0.3 is 5.97 Å². The van der Waals surface area contributed by atoms with Crippen molar-refractivity contribution in [2.45, 2.75) is 68.8 Å². The lowest BCUT2D eigenvalue weighted by Crippen LogP contribution is -2.27. The van der Waals surface area contributed by atoms with Crippen LogP contribution in [0.25, 0.3) is 0 Å². The summed E-state index contributed by atoms with van der Waals surface area (Å²) in [5.74, 6) is 11.0. The van der Waals surface area contributed by atoms with E-state index >= 15 is 0 Å². The number of thiophene rings is 1. The van der Waals surface area contributed by atoms with Crippen LogP contribution in [0.5, 0.6) is 5.75 Å². The molecule has 7 heteroatoms. The quantitative estimate of drug-likeness (QED) is 0.0880. The molecular formula is C28H36O3S4. The molecule has 0 bridgehead atoms. The molecule has 2 aromatic rings. The molecule has 0 radical (unpaired) electrons. The van der Waals surface area contributed by atoms with Crippen molar-refractivity contribution in [3.63, 3.8) is 0 Å². The Morgan fingerprint density at radius 1 is 1.09 bits per heavy atom. The summed E-state index contributed by atoms with van der Waals surface area (Å²) in [5.41, 5.74) is 2.39. The van der Waals surface area contributed by atoms with Crippen LogP contribution in [-0.4, -0.2) is 36.4 Å². The van der Waals surface area contributed by atoms with Crippen LogP contribution in [0, 0.1) is 11.8 Å². The van der Waals surface area contributed by atoms with Gasteiger partial charge in [-0.25, -0.2) is 0 Å². The van der Waals surface area contributed by atoms with Gasteiger partial charge in [-0.2, -0.15) is 0 Å². The molecule has 0 spiro atoms. The van der Waals surface area contributed by atoms with Gasteiger partial charge < -0.3 is 9.47 Å². The first-order chi connectivity index (χ1) is 17.0. The highest BCUT2D eigenvalue weighted by atomic mass is 32.2. The van der Waals surface area contributed by atoms with E-state index in [1.807, 2.05) is 42.2 Å². The summed E-state index contributed by atoms with van der Waals surface area (Å²) in [7, 11) is 0. The molecule has 190 valence electrons. The summed E-state index contributed by atoms with van der Waals surface area (Å²) < 4.78 is 11.2. The van der Waals surface area contributed by atoms with Gasteiger partial charge in [0.1, 0.15) is 5.75 Å². The Morgan fingerprint density at radius 2 is 1.89 bits per heavy atom. The Labute approximate surface area is 227 Å². The number of hydrogen-bond donors (Lipinski definition) is 0. The van der Waals surface area contributed by atoms with Gasteiger partial charge in [0, 0.05) is 33.7 Å². The van der Waals surface area contributed by atoms with Gasteiger partial charge in [0.2, 0.25) is 0 Å². The predicted molar refractivity (Wildman–Crippen MR) is 155 cm³/mol. The van der Waals surface area contributed by atoms with Crippen molar-refractivity contribution in [1.82, 2.24) is 0 Å². The first kappa shape index (κ1) is 28.4. The van der Waals surface area contributed by atoms with Crippen molar-refractivity contribution in [3.8, 4) is 17.6 Å². The van der Waals surface area contributed by atoms with Crippen LogP contribution in [-0.2, 0) is 20.0 Å². The van der Waals surface area contributed by atoms with Crippen LogP contribution >= 0.6 is 46.6 Å². The number of carbonyl (C=O) groups is 1. The smallest absolute Gasteiger partial charge is 0.305 e. The summed E-state index contributed by atoms with van der Waals surface area (Å²) in [5, 5.41) is 0. The standard InChI is InChI=1S/C28H36O3S4/c1-5-30-27(29)12-10-9-11-22-15-16-23(35-22)14-13-21-19-24-25(20-26(21)32-6-2)31-18-17-28(24,33-7-3)34-8-4/h15-16,19-20H,5-12,17-18H2,1-4H3. The zero-order chi connectivity index (χ0) is 25.1. The van der Waals surface area contributed by atoms with Gasteiger partial charge in [-0.15, -0.1) is 46.6 Å². The van der Waals surface area contributed by atoms with E-state index in [4.69, 9.17) is 9.47 Å². The molecule has 0 unspecified atom stereocenters. The van der Waals surface area contributed by atoms with Gasteiger partial charge in [0.05, 0.1) is 22.2 Å². The number of ether oxygens (including phenoxy) is 2. The van der Waals surface area contributed by atoms with Crippen LogP contribution in [0.3, 0.4) is 0 Å². The number of rotatable bonds is 12. The highest BCUT2D eigenvalue weighted by Gasteiger charge is 2.38. The lowest BCUT2D eigenvalue weighted by atomic mass is 10.0. The zero-order valence-corrected chi connectivity index (χ0v) is 24.5. The number of thioether (sulfide) groups is 3. The fraction of sp³-hybridized carbons (Fsp3) is 0.536. The number of hydrogen-bond acceptors (Lipinski definition) is 7. The summed E-state index contributed by atoms with van der Waals surface area (Å²) in [6, 6.07) is 8.81. The van der Waals surface area contributed by atoms with Crippen molar-refractivity contribution < 1.29 is 14.3 Å². The molecule has 1 aromatic heterocycles. The van der Waals surface area contributed by atoms with Gasteiger partial charge in [-0.1, -0.05) is 32.6 Å². The largest absolute Gasteiger partial charge is 0.493 e. The summed E-state index contributed by atoms with van der Waals surface area (Å²) in [4.78, 5) is 15.1. The number of benzene rings is 1. The molecule has 0 atom stereocenters. The van der Waals surface area contributed by atoms with E-state index in [0.29, 0.717) is 13.0 Å². The van der Waals surface area contributed by atoms with Crippen LogP contribution in [0.1, 0.15) is 74.3 Å². The van der Waals surface area contributed by atoms with E-state index < -0.39 is 0 Å². The number of esters is 1. The van der Waals surface area contributed by atoms with E-state index in [1.165, 1.54) is 15.3 Å². The normalized spacial score (nSPS) is 13.9. The molecule has 3 rings (SSSR count). The monoisotopic (exact) mass is 548 g/mol. The molecule has 1 aliphatic heterocycles. The molecule has 35 heavy (non-hydrogen) atoms. The molecule has 2 heterocycles. The van der Waals surface area contributed by atoms with Crippen LogP contribution in [0.4, 0.5) is 0 Å². The number of unbranched alkanes of at least 4 members (excludes halogenated alkanes) is 1. The van der Waals surface area contributed by atoms with E-state index in [-0.39, 0.29) is 10.0 Å². The highest BCUT2D eigenvalue weighted by Crippen LogP contribution is 2.55. The number of aryl methyl sites for hydroxylation is 1. The van der Waals surface area contributed by atoms with Crippen molar-refractivity contribution >= 4 is 52.6 Å². The second-order valence-corrected chi connectivity index (χ2v) is 13.9. The average Bonchev–Trinajstić information content (AvgIpc) is 3.29. The fourth-order valence-electron chi connectivity index (χ4n) is 4.10. The first-order valence-electron chi connectivity index (χ1n) is 12.5. The molecule has 0 saturated heterocycles. The second kappa shape index (κ2) is 14.5. The maximum atomic E-state index is 11.5. The third-order valence-electron chi connectivity index (χ3n) is 5.58. The summed E-state index contributed by atoms with van der Waals surface area (Å²) >= 11 is 7.64. The third-order valence-corrected chi connectivity index (χ3v) is 10.6. The van der Waals surface area contributed by atoms with Gasteiger partial charge in [0.15, 0.2) is 0 Å². The van der Waals surface area contributed by atoms with E-state index in [0.717, 1.165) is 65.7 Å². The number of carbonyl (C=O) groups excluding carboxylic acids is 1. The fourth-order valence-corrected chi connectivity index (χ4v) is 8.83. The minimum Gasteiger partial charge on any atom is -0.493 e. The second-order valence-electron chi connectivity index (χ2n) is 8.02. The van der Waals surface area contributed by atoms with Gasteiger partial charge in [-0.05, 0) is 67.7 Å². The Hall–Kier alpha value is -1.20. The van der Waals surface area contributed by atoms with Crippen LogP contribution in [0.15, 0.2) is 29.2 Å². The average molecular weight is 549 g/mol. The Balaban J connectivity index is 1.78. The van der Waals surface area contributed by atoms with Gasteiger partial charge in [-0.3, -0.25) is 4.79 Å². The third kappa shape index (κ3) is 7.89. The zero-order valence-electron chi connectivity index (χ0n) is 21.2. The van der Waals surface area contributed by atoms with Crippen molar-refractivity contribution in [2.24, 2.45) is 0 Å². The minimum atomic E-state index is -0.0971. The minimum absolute atomic E-state index is 0.0442. The van der Waals surface area contributed by atoms with E-state index in [1.54, 1.807) is 11.3 Å². The molecule has 0 aliphatic carbocycles. The molecule has 1 aromatic carbocycles. The maximum absolute atomic E-state index is 11.5. The Morgan fingerprint density at radius 3 is 2.60 bits per heavy atom. The SMILES string of the molecule is CCOC(=O)CCCCc1ccc(C#Cc2cc3c(cc2SCC)OCCC3(SCC)SCC)s1. The summed E-state index contributed by atoms with van der Waals surface area (Å²) in [6.07, 6.45) is 4.35. The topological polar surface area (TPSA) is 35.5 Å². The lowest BCUT2D eigenvalue weighted by Gasteiger charge is -2.38. The molecule has 0 amide bonds. The van der Waals surface area contributed by atoms with Crippen LogP contribution < -0.4 is 4.74 Å².